The second kappa shape index (κ2) is 4.97. The average Bonchev–Trinajstić information content (AvgIpc) is 2.35. The highest BCUT2D eigenvalue weighted by molar-refractivity contribution is 5.48. The number of rotatable bonds is 4. The lowest BCUT2D eigenvalue weighted by Gasteiger charge is -2.37. The Balaban J connectivity index is 2.66. The summed E-state index contributed by atoms with van der Waals surface area (Å²) in [5.74, 6) is -2.42. The zero-order valence-corrected chi connectivity index (χ0v) is 10.6. The lowest BCUT2D eigenvalue weighted by molar-refractivity contribution is 0.240. The number of ether oxygens (including phenoxy) is 2. The van der Waals surface area contributed by atoms with Crippen LogP contribution < -0.4 is 9.47 Å². The minimum atomic E-state index is -0.972. The summed E-state index contributed by atoms with van der Waals surface area (Å²) in [6.45, 7) is 0. The third-order valence-corrected chi connectivity index (χ3v) is 3.49. The van der Waals surface area contributed by atoms with Crippen LogP contribution in [0.25, 0.3) is 0 Å². The number of isocyanates is 1. The summed E-state index contributed by atoms with van der Waals surface area (Å²) in [6.07, 6.45) is 3.29. The first-order chi connectivity index (χ1) is 9.09. The van der Waals surface area contributed by atoms with E-state index in [1.807, 2.05) is 0 Å². The van der Waals surface area contributed by atoms with Gasteiger partial charge in [0.1, 0.15) is 5.54 Å². The molecule has 0 N–H and O–H groups in total. The van der Waals surface area contributed by atoms with Gasteiger partial charge in [-0.05, 0) is 25.3 Å². The van der Waals surface area contributed by atoms with Gasteiger partial charge >= 0.3 is 0 Å². The van der Waals surface area contributed by atoms with E-state index in [0.717, 1.165) is 6.42 Å². The van der Waals surface area contributed by atoms with Gasteiger partial charge in [-0.1, -0.05) is 0 Å². The molecule has 0 aliphatic heterocycles. The summed E-state index contributed by atoms with van der Waals surface area (Å²) in [7, 11) is 2.44. The zero-order chi connectivity index (χ0) is 14.0. The third-order valence-electron chi connectivity index (χ3n) is 3.49. The minimum absolute atomic E-state index is 0.109. The van der Waals surface area contributed by atoms with Gasteiger partial charge in [0.05, 0.1) is 14.2 Å². The predicted molar refractivity (Wildman–Crippen MR) is 63.1 cm³/mol. The molecule has 0 atom stereocenters. The van der Waals surface area contributed by atoms with Crippen LogP contribution in [0.4, 0.5) is 8.78 Å². The molecule has 6 heteroatoms. The number of methoxy groups -OCH3 is 2. The quantitative estimate of drug-likeness (QED) is 0.623. The summed E-state index contributed by atoms with van der Waals surface area (Å²) in [5, 5.41) is 0. The molecule has 0 heterocycles. The van der Waals surface area contributed by atoms with Crippen molar-refractivity contribution in [1.29, 1.82) is 0 Å². The monoisotopic (exact) mass is 269 g/mol. The maximum atomic E-state index is 14.3. The molecular weight excluding hydrogens is 256 g/mol. The standard InChI is InChI=1S/C13H13F2NO3/c1-18-9-6-8(10(14)12(19-2)11(9)15)13(16-7-17)4-3-5-13/h6H,3-5H2,1-2H3. The van der Waals surface area contributed by atoms with E-state index in [4.69, 9.17) is 9.47 Å². The van der Waals surface area contributed by atoms with Crippen LogP contribution >= 0.6 is 0 Å². The van der Waals surface area contributed by atoms with Crippen molar-refractivity contribution >= 4 is 6.08 Å². The number of hydrogen-bond donors (Lipinski definition) is 0. The molecule has 1 saturated carbocycles. The van der Waals surface area contributed by atoms with Gasteiger partial charge in [-0.2, -0.15) is 9.38 Å². The Bertz CT molecular complexity index is 549. The largest absolute Gasteiger partial charge is 0.494 e. The molecule has 0 saturated heterocycles. The van der Waals surface area contributed by atoms with Gasteiger partial charge < -0.3 is 9.47 Å². The van der Waals surface area contributed by atoms with Crippen molar-refractivity contribution in [3.05, 3.63) is 23.3 Å². The van der Waals surface area contributed by atoms with E-state index in [9.17, 15) is 13.6 Å². The Hall–Kier alpha value is -1.94. The molecule has 102 valence electrons. The molecule has 1 aromatic carbocycles. The smallest absolute Gasteiger partial charge is 0.235 e. The second-order valence-electron chi connectivity index (χ2n) is 4.38. The van der Waals surface area contributed by atoms with Crippen LogP contribution in [-0.2, 0) is 10.3 Å². The molecule has 1 fully saturated rings. The molecule has 1 aliphatic rings. The Morgan fingerprint density at radius 3 is 2.37 bits per heavy atom. The van der Waals surface area contributed by atoms with Crippen LogP contribution in [-0.4, -0.2) is 20.3 Å². The van der Waals surface area contributed by atoms with E-state index in [1.165, 1.54) is 26.4 Å². The van der Waals surface area contributed by atoms with Crippen LogP contribution in [0.1, 0.15) is 24.8 Å². The van der Waals surface area contributed by atoms with Crippen LogP contribution in [0.3, 0.4) is 0 Å². The maximum absolute atomic E-state index is 14.3. The molecule has 0 amide bonds. The molecule has 4 nitrogen and oxygen atoms in total. The Kier molecular flexibility index (Phi) is 3.53. The highest BCUT2D eigenvalue weighted by Crippen LogP contribution is 2.48. The fourth-order valence-electron chi connectivity index (χ4n) is 2.30. The molecule has 19 heavy (non-hydrogen) atoms. The van der Waals surface area contributed by atoms with Crippen molar-refractivity contribution in [3.8, 4) is 11.5 Å². The zero-order valence-electron chi connectivity index (χ0n) is 10.6. The number of halogens is 2. The summed E-state index contributed by atoms with van der Waals surface area (Å²) < 4.78 is 37.7. The molecule has 0 spiro atoms. The second-order valence-corrected chi connectivity index (χ2v) is 4.38. The number of benzene rings is 1. The normalized spacial score (nSPS) is 16.2. The van der Waals surface area contributed by atoms with Crippen molar-refractivity contribution in [2.75, 3.05) is 14.2 Å². The molecule has 0 unspecified atom stereocenters. The average molecular weight is 269 g/mol. The van der Waals surface area contributed by atoms with Crippen LogP contribution in [0.15, 0.2) is 11.1 Å². The van der Waals surface area contributed by atoms with Crippen molar-refractivity contribution in [3.63, 3.8) is 0 Å². The van der Waals surface area contributed by atoms with E-state index in [-0.39, 0.29) is 11.3 Å². The summed E-state index contributed by atoms with van der Waals surface area (Å²) >= 11 is 0. The lowest BCUT2D eigenvalue weighted by Crippen LogP contribution is -2.33. The van der Waals surface area contributed by atoms with Gasteiger partial charge in [0, 0.05) is 5.56 Å². The fraction of sp³-hybridized carbons (Fsp3) is 0.462. The number of carbonyl (C=O) groups excluding carboxylic acids is 1. The Morgan fingerprint density at radius 2 is 1.95 bits per heavy atom. The van der Waals surface area contributed by atoms with E-state index >= 15 is 0 Å². The predicted octanol–water partition coefficient (Wildman–Crippen LogP) is 2.70. The van der Waals surface area contributed by atoms with Gasteiger partial charge in [-0.3, -0.25) is 0 Å². The number of aliphatic imine (C=N–C) groups is 1. The fourth-order valence-corrected chi connectivity index (χ4v) is 2.30. The van der Waals surface area contributed by atoms with Gasteiger partial charge in [0.25, 0.3) is 0 Å². The van der Waals surface area contributed by atoms with Gasteiger partial charge in [0.15, 0.2) is 17.3 Å². The van der Waals surface area contributed by atoms with Crippen LogP contribution in [0.5, 0.6) is 11.5 Å². The van der Waals surface area contributed by atoms with E-state index in [1.54, 1.807) is 0 Å². The van der Waals surface area contributed by atoms with Crippen molar-refractivity contribution in [1.82, 2.24) is 0 Å². The molecular formula is C13H13F2NO3. The van der Waals surface area contributed by atoms with E-state index in [0.29, 0.717) is 12.8 Å². The SMILES string of the molecule is COc1cc(C2(N=C=O)CCC2)c(F)c(OC)c1F. The van der Waals surface area contributed by atoms with Gasteiger partial charge in [-0.15, -0.1) is 0 Å². The number of nitrogens with zero attached hydrogens (tertiary/aromatic N) is 1. The first-order valence-corrected chi connectivity index (χ1v) is 5.79. The summed E-state index contributed by atoms with van der Waals surface area (Å²) in [5.41, 5.74) is -0.864. The molecule has 0 radical (unpaired) electrons. The first kappa shape index (κ1) is 13.5. The molecule has 1 aromatic rings. The number of hydrogen-bond acceptors (Lipinski definition) is 4. The van der Waals surface area contributed by atoms with E-state index < -0.39 is 22.9 Å². The molecule has 0 bridgehead atoms. The topological polar surface area (TPSA) is 47.9 Å². The summed E-state index contributed by atoms with van der Waals surface area (Å²) in [4.78, 5) is 14.2. The molecule has 2 rings (SSSR count). The van der Waals surface area contributed by atoms with Gasteiger partial charge in [-0.25, -0.2) is 9.18 Å². The minimum Gasteiger partial charge on any atom is -0.494 e. The first-order valence-electron chi connectivity index (χ1n) is 5.79. The van der Waals surface area contributed by atoms with Crippen LogP contribution in [0.2, 0.25) is 0 Å². The third kappa shape index (κ3) is 1.98. The van der Waals surface area contributed by atoms with Crippen molar-refractivity contribution in [2.45, 2.75) is 24.8 Å². The summed E-state index contributed by atoms with van der Waals surface area (Å²) in [6, 6.07) is 1.23. The van der Waals surface area contributed by atoms with Gasteiger partial charge in [0.2, 0.25) is 11.9 Å². The van der Waals surface area contributed by atoms with Crippen molar-refractivity contribution < 1.29 is 23.0 Å². The molecule has 1 aliphatic carbocycles. The highest BCUT2D eigenvalue weighted by Gasteiger charge is 2.43. The maximum Gasteiger partial charge on any atom is 0.235 e. The van der Waals surface area contributed by atoms with Crippen molar-refractivity contribution in [2.24, 2.45) is 4.99 Å². The van der Waals surface area contributed by atoms with Crippen LogP contribution in [0, 0.1) is 11.6 Å². The van der Waals surface area contributed by atoms with E-state index in [2.05, 4.69) is 4.99 Å². The lowest BCUT2D eigenvalue weighted by atomic mass is 9.72. The molecule has 0 aromatic heterocycles. The Morgan fingerprint density at radius 1 is 1.26 bits per heavy atom. The Labute approximate surface area is 109 Å². The highest BCUT2D eigenvalue weighted by atomic mass is 19.1.